The van der Waals surface area contributed by atoms with Crippen LogP contribution < -0.4 is 0 Å². The average molecular weight is 311 g/mol. The summed E-state index contributed by atoms with van der Waals surface area (Å²) in [6.07, 6.45) is -5.62. The Morgan fingerprint density at radius 3 is 1.94 bits per heavy atom. The van der Waals surface area contributed by atoms with Gasteiger partial charge in [-0.25, -0.2) is 8.42 Å². The van der Waals surface area contributed by atoms with Gasteiger partial charge in [-0.15, -0.1) is 0 Å². The van der Waals surface area contributed by atoms with Crippen molar-refractivity contribution < 1.29 is 26.3 Å². The summed E-state index contributed by atoms with van der Waals surface area (Å²) in [4.78, 5) is 0. The molecule has 18 heavy (non-hydrogen) atoms. The van der Waals surface area contributed by atoms with E-state index in [1.165, 1.54) is 0 Å². The Labute approximate surface area is 110 Å². The Morgan fingerprint density at radius 2 is 1.67 bits per heavy atom. The van der Waals surface area contributed by atoms with Crippen LogP contribution in [-0.2, 0) is 13.8 Å². The van der Waals surface area contributed by atoms with E-state index in [2.05, 4.69) is 0 Å². The van der Waals surface area contributed by atoms with E-state index in [0.29, 0.717) is 12.8 Å². The standard InChI is InChI=1S/C10H18ClF3O3S/c1-4-9(5-2,7-18(11,15)16)6-17-8(3)10(12,13)14/h8H,4-7H2,1-3H3. The molecule has 0 N–H and O–H groups in total. The molecule has 0 amide bonds. The molecule has 110 valence electrons. The first-order valence-electron chi connectivity index (χ1n) is 5.56. The molecule has 8 heteroatoms. The lowest BCUT2D eigenvalue weighted by Crippen LogP contribution is -2.37. The molecule has 0 heterocycles. The molecule has 0 spiro atoms. The average Bonchev–Trinajstić information content (AvgIpc) is 2.20. The third kappa shape index (κ3) is 6.24. The predicted molar refractivity (Wildman–Crippen MR) is 64.1 cm³/mol. The second kappa shape index (κ2) is 6.43. The van der Waals surface area contributed by atoms with E-state index in [1.54, 1.807) is 13.8 Å². The Balaban J connectivity index is 4.74. The van der Waals surface area contributed by atoms with E-state index in [-0.39, 0.29) is 12.4 Å². The lowest BCUT2D eigenvalue weighted by atomic mass is 9.85. The summed E-state index contributed by atoms with van der Waals surface area (Å²) in [6.45, 7) is 4.01. The Hall–Kier alpha value is -0.0100. The molecule has 0 aliphatic heterocycles. The van der Waals surface area contributed by atoms with E-state index in [9.17, 15) is 21.6 Å². The first-order chi connectivity index (χ1) is 7.96. The van der Waals surface area contributed by atoms with Gasteiger partial charge in [0.15, 0.2) is 6.10 Å². The molecular formula is C10H18ClF3O3S. The molecule has 0 rings (SSSR count). The molecule has 3 nitrogen and oxygen atoms in total. The molecule has 0 aromatic rings. The molecule has 1 unspecified atom stereocenters. The van der Waals surface area contributed by atoms with Gasteiger partial charge in [-0.1, -0.05) is 13.8 Å². The topological polar surface area (TPSA) is 43.4 Å². The van der Waals surface area contributed by atoms with Crippen molar-refractivity contribution in [3.8, 4) is 0 Å². The third-order valence-corrected chi connectivity index (χ3v) is 4.36. The first kappa shape index (κ1) is 18.0. The van der Waals surface area contributed by atoms with Crippen molar-refractivity contribution in [1.82, 2.24) is 0 Å². The minimum Gasteiger partial charge on any atom is -0.368 e. The largest absolute Gasteiger partial charge is 0.414 e. The number of ether oxygens (including phenoxy) is 1. The van der Waals surface area contributed by atoms with Crippen LogP contribution in [0.15, 0.2) is 0 Å². The van der Waals surface area contributed by atoms with Gasteiger partial charge in [0.2, 0.25) is 9.05 Å². The van der Waals surface area contributed by atoms with Gasteiger partial charge in [-0.2, -0.15) is 13.2 Å². The molecular weight excluding hydrogens is 293 g/mol. The maximum Gasteiger partial charge on any atom is 0.414 e. The van der Waals surface area contributed by atoms with Gasteiger partial charge in [0.25, 0.3) is 0 Å². The molecule has 0 aromatic carbocycles. The molecule has 0 aliphatic rings. The lowest BCUT2D eigenvalue weighted by Gasteiger charge is -2.31. The van der Waals surface area contributed by atoms with Crippen molar-refractivity contribution in [3.05, 3.63) is 0 Å². The van der Waals surface area contributed by atoms with Crippen LogP contribution in [0.2, 0.25) is 0 Å². The fourth-order valence-electron chi connectivity index (χ4n) is 1.46. The maximum absolute atomic E-state index is 12.3. The summed E-state index contributed by atoms with van der Waals surface area (Å²) >= 11 is 0. The summed E-state index contributed by atoms with van der Waals surface area (Å²) in [5.74, 6) is -0.390. The molecule has 0 aliphatic carbocycles. The van der Waals surface area contributed by atoms with Gasteiger partial charge in [0.05, 0.1) is 12.4 Å². The number of halogens is 4. The number of alkyl halides is 3. The van der Waals surface area contributed by atoms with E-state index in [4.69, 9.17) is 15.4 Å². The Bertz CT molecular complexity index is 350. The van der Waals surface area contributed by atoms with Crippen LogP contribution in [0.3, 0.4) is 0 Å². The van der Waals surface area contributed by atoms with Crippen molar-refractivity contribution in [2.75, 3.05) is 12.4 Å². The van der Waals surface area contributed by atoms with Crippen LogP contribution in [0.1, 0.15) is 33.6 Å². The van der Waals surface area contributed by atoms with Crippen LogP contribution in [0.5, 0.6) is 0 Å². The van der Waals surface area contributed by atoms with Crippen molar-refractivity contribution in [1.29, 1.82) is 0 Å². The fourth-order valence-corrected chi connectivity index (χ4v) is 3.38. The van der Waals surface area contributed by atoms with Crippen molar-refractivity contribution in [3.63, 3.8) is 0 Å². The van der Waals surface area contributed by atoms with Crippen molar-refractivity contribution in [2.24, 2.45) is 5.41 Å². The van der Waals surface area contributed by atoms with Crippen LogP contribution in [0.4, 0.5) is 13.2 Å². The second-order valence-corrected chi connectivity index (χ2v) is 7.16. The third-order valence-electron chi connectivity index (χ3n) is 3.08. The zero-order valence-electron chi connectivity index (χ0n) is 10.6. The zero-order valence-corrected chi connectivity index (χ0v) is 12.1. The van der Waals surface area contributed by atoms with Gasteiger partial charge < -0.3 is 4.74 Å². The summed E-state index contributed by atoms with van der Waals surface area (Å²) in [5, 5.41) is 0. The normalized spacial score (nSPS) is 15.7. The smallest absolute Gasteiger partial charge is 0.368 e. The molecule has 1 atom stereocenters. The number of hydrogen-bond acceptors (Lipinski definition) is 3. The molecule has 0 aromatic heterocycles. The highest BCUT2D eigenvalue weighted by Gasteiger charge is 2.40. The van der Waals surface area contributed by atoms with Crippen molar-refractivity contribution >= 4 is 19.7 Å². The Morgan fingerprint density at radius 1 is 1.22 bits per heavy atom. The summed E-state index contributed by atoms with van der Waals surface area (Å²) < 4.78 is 63.8. The molecule has 0 radical (unpaired) electrons. The molecule has 0 fully saturated rings. The number of rotatable bonds is 7. The lowest BCUT2D eigenvalue weighted by molar-refractivity contribution is -0.220. The van der Waals surface area contributed by atoms with Gasteiger partial charge in [0.1, 0.15) is 0 Å². The van der Waals surface area contributed by atoms with Crippen molar-refractivity contribution in [2.45, 2.75) is 45.9 Å². The SMILES string of the molecule is CCC(CC)(COC(C)C(F)(F)F)CS(=O)(=O)Cl. The van der Waals surface area contributed by atoms with Crippen LogP contribution in [0, 0.1) is 5.41 Å². The maximum atomic E-state index is 12.3. The van der Waals surface area contributed by atoms with E-state index in [1.807, 2.05) is 0 Å². The monoisotopic (exact) mass is 310 g/mol. The quantitative estimate of drug-likeness (QED) is 0.677. The minimum atomic E-state index is -4.45. The first-order valence-corrected chi connectivity index (χ1v) is 8.04. The fraction of sp³-hybridized carbons (Fsp3) is 1.00. The zero-order chi connectivity index (χ0) is 14.6. The highest BCUT2D eigenvalue weighted by molar-refractivity contribution is 8.13. The van der Waals surface area contributed by atoms with Crippen LogP contribution in [0.25, 0.3) is 0 Å². The van der Waals surface area contributed by atoms with E-state index in [0.717, 1.165) is 6.92 Å². The predicted octanol–water partition coefficient (Wildman–Crippen LogP) is 3.33. The summed E-state index contributed by atoms with van der Waals surface area (Å²) in [5.41, 5.74) is -0.875. The van der Waals surface area contributed by atoms with Gasteiger partial charge in [0, 0.05) is 16.1 Å². The number of hydrogen-bond donors (Lipinski definition) is 0. The minimum absolute atomic E-state index is 0.285. The molecule has 0 saturated heterocycles. The molecule has 0 saturated carbocycles. The van der Waals surface area contributed by atoms with Gasteiger partial charge >= 0.3 is 6.18 Å². The molecule has 0 bridgehead atoms. The highest BCUT2D eigenvalue weighted by Crippen LogP contribution is 2.32. The van der Waals surface area contributed by atoms with E-state index < -0.39 is 26.7 Å². The summed E-state index contributed by atoms with van der Waals surface area (Å²) in [7, 11) is 1.40. The van der Waals surface area contributed by atoms with Crippen LogP contribution in [-0.4, -0.2) is 33.1 Å². The summed E-state index contributed by atoms with van der Waals surface area (Å²) in [6, 6.07) is 0. The second-order valence-electron chi connectivity index (χ2n) is 4.39. The highest BCUT2D eigenvalue weighted by atomic mass is 35.7. The Kier molecular flexibility index (Phi) is 6.43. The van der Waals surface area contributed by atoms with Gasteiger partial charge in [-0.05, 0) is 19.8 Å². The van der Waals surface area contributed by atoms with Gasteiger partial charge in [-0.3, -0.25) is 0 Å². The van der Waals surface area contributed by atoms with Crippen LogP contribution >= 0.6 is 10.7 Å². The van der Waals surface area contributed by atoms with E-state index >= 15 is 0 Å².